The van der Waals surface area contributed by atoms with E-state index in [1.54, 1.807) is 11.3 Å². The maximum atomic E-state index is 13.7. The van der Waals surface area contributed by atoms with E-state index in [0.29, 0.717) is 35.9 Å². The molecule has 8 nitrogen and oxygen atoms in total. The summed E-state index contributed by atoms with van der Waals surface area (Å²) in [5, 5.41) is 20.4. The van der Waals surface area contributed by atoms with Crippen LogP contribution in [0.15, 0.2) is 91.0 Å². The average Bonchev–Trinajstić information content (AvgIpc) is 3.83. The van der Waals surface area contributed by atoms with Crippen LogP contribution in [0, 0.1) is 5.82 Å². The molecule has 1 amide bonds. The topological polar surface area (TPSA) is 101 Å². The van der Waals surface area contributed by atoms with Gasteiger partial charge in [0.25, 0.3) is 5.91 Å². The number of nitrogens with zero attached hydrogens (tertiary/aromatic N) is 5. The van der Waals surface area contributed by atoms with Crippen LogP contribution in [0.2, 0.25) is 5.02 Å². The molecule has 47 heavy (non-hydrogen) atoms. The molecule has 0 aliphatic carbocycles. The quantitative estimate of drug-likeness (QED) is 0.143. The lowest BCUT2D eigenvalue weighted by Gasteiger charge is -2.12. The highest BCUT2D eigenvalue weighted by Gasteiger charge is 2.20. The highest BCUT2D eigenvalue weighted by atomic mass is 35.5. The molecule has 11 heteroatoms. The zero-order chi connectivity index (χ0) is 32.2. The Kier molecular flexibility index (Phi) is 9.03. The van der Waals surface area contributed by atoms with Crippen LogP contribution < -0.4 is 5.32 Å². The summed E-state index contributed by atoms with van der Waals surface area (Å²) in [6.45, 7) is 1.04. The lowest BCUT2D eigenvalue weighted by atomic mass is 9.99. The van der Waals surface area contributed by atoms with Gasteiger partial charge in [0.15, 0.2) is 5.82 Å². The van der Waals surface area contributed by atoms with Crippen molar-refractivity contribution in [2.75, 3.05) is 0 Å². The number of tetrazole rings is 1. The van der Waals surface area contributed by atoms with Crippen molar-refractivity contribution in [2.24, 2.45) is 0 Å². The Hall–Kier alpha value is -4.93. The fourth-order valence-corrected chi connectivity index (χ4v) is 7.09. The molecule has 7 rings (SSSR count). The highest BCUT2D eigenvalue weighted by molar-refractivity contribution is 7.18. The minimum Gasteiger partial charge on any atom is -0.348 e. The fraction of sp³-hybridized carbons (Fsp3) is 0.194. The molecule has 4 aromatic carbocycles. The molecule has 0 spiro atoms. The Balaban J connectivity index is 1.25. The van der Waals surface area contributed by atoms with Crippen LogP contribution in [-0.2, 0) is 45.2 Å². The largest absolute Gasteiger partial charge is 0.348 e. The van der Waals surface area contributed by atoms with Crippen molar-refractivity contribution < 1.29 is 9.18 Å². The van der Waals surface area contributed by atoms with E-state index in [2.05, 4.69) is 36.6 Å². The van der Waals surface area contributed by atoms with E-state index in [1.165, 1.54) is 28.1 Å². The van der Waals surface area contributed by atoms with Crippen molar-refractivity contribution >= 4 is 50.0 Å². The molecule has 0 unspecified atom stereocenters. The number of para-hydroxylation sites is 1. The van der Waals surface area contributed by atoms with Gasteiger partial charge in [-0.15, -0.1) is 21.5 Å². The smallest absolute Gasteiger partial charge is 0.251 e. The third kappa shape index (κ3) is 7.08. The van der Waals surface area contributed by atoms with Crippen LogP contribution >= 0.6 is 22.9 Å². The molecule has 0 aliphatic rings. The highest BCUT2D eigenvalue weighted by Crippen LogP contribution is 2.32. The predicted molar refractivity (Wildman–Crippen MR) is 183 cm³/mol. The van der Waals surface area contributed by atoms with Crippen molar-refractivity contribution in [3.8, 4) is 0 Å². The number of rotatable bonds is 12. The second kappa shape index (κ2) is 13.8. The predicted octanol–water partition coefficient (Wildman–Crippen LogP) is 7.30. The number of carbonyl (C=O) groups excluding carboxylic acids is 1. The number of H-pyrrole nitrogens is 1. The fourth-order valence-electron chi connectivity index (χ4n) is 6.00. The number of aromatic amines is 1. The maximum Gasteiger partial charge on any atom is 0.251 e. The molecule has 7 aromatic rings. The summed E-state index contributed by atoms with van der Waals surface area (Å²) in [6.07, 6.45) is 3.58. The summed E-state index contributed by atoms with van der Waals surface area (Å²) in [6, 6.07) is 28.2. The second-order valence-electron chi connectivity index (χ2n) is 11.4. The molecule has 0 saturated heterocycles. The summed E-state index contributed by atoms with van der Waals surface area (Å²) in [5.74, 6) is 0.231. The molecule has 0 bridgehead atoms. The number of nitrogens with one attached hydrogen (secondary N) is 2. The molecule has 0 atom stereocenters. The Morgan fingerprint density at radius 3 is 2.49 bits per heavy atom. The molecular formula is C36H31ClFN7OS. The van der Waals surface area contributed by atoms with E-state index in [0.717, 1.165) is 58.2 Å². The monoisotopic (exact) mass is 663 g/mol. The van der Waals surface area contributed by atoms with E-state index in [-0.39, 0.29) is 11.7 Å². The first-order chi connectivity index (χ1) is 23.0. The first kappa shape index (κ1) is 30.7. The van der Waals surface area contributed by atoms with Crippen LogP contribution in [-0.4, -0.2) is 36.1 Å². The van der Waals surface area contributed by atoms with E-state index in [4.69, 9.17) is 16.6 Å². The van der Waals surface area contributed by atoms with Crippen LogP contribution in [0.25, 0.3) is 21.1 Å². The molecule has 0 aliphatic heterocycles. The number of hydrogen-bond acceptors (Lipinski definition) is 6. The van der Waals surface area contributed by atoms with Gasteiger partial charge in [-0.1, -0.05) is 53.2 Å². The van der Waals surface area contributed by atoms with Gasteiger partial charge in [-0.3, -0.25) is 4.79 Å². The standard InChI is InChI=1S/C36H31ClFN7OS/c37-26-11-5-24(6-12-26)22-39-36(46)25-10-16-32-29(21-25)28(15-9-23-7-13-27(38)14-8-23)31(45(32)20-19-34-41-43-44-42-34)17-18-35-40-30-3-1-2-4-33(30)47-35/h1-8,10-14,16,21H,9,15,17-20,22H2,(H,39,46)(H,41,42,43,44). The molecule has 0 radical (unpaired) electrons. The van der Waals surface area contributed by atoms with E-state index < -0.39 is 0 Å². The number of aromatic nitrogens is 6. The van der Waals surface area contributed by atoms with Gasteiger partial charge >= 0.3 is 0 Å². The molecule has 236 valence electrons. The number of benzene rings is 4. The first-order valence-electron chi connectivity index (χ1n) is 15.5. The van der Waals surface area contributed by atoms with Gasteiger partial charge in [-0.05, 0) is 90.6 Å². The van der Waals surface area contributed by atoms with Crippen molar-refractivity contribution in [3.63, 3.8) is 0 Å². The Labute approximate surface area is 279 Å². The normalized spacial score (nSPS) is 11.4. The van der Waals surface area contributed by atoms with Gasteiger partial charge in [0.1, 0.15) is 5.82 Å². The van der Waals surface area contributed by atoms with E-state index in [1.807, 2.05) is 72.8 Å². The van der Waals surface area contributed by atoms with Gasteiger partial charge < -0.3 is 9.88 Å². The molecule has 2 N–H and O–H groups in total. The number of thiazole rings is 1. The Morgan fingerprint density at radius 2 is 1.70 bits per heavy atom. The number of halogens is 2. The molecule has 0 saturated carbocycles. The SMILES string of the molecule is O=C(NCc1ccc(Cl)cc1)c1ccc2c(c1)c(CCc1ccc(F)cc1)c(CCc1nc3ccccc3s1)n2CCc1nn[nH]n1. The summed E-state index contributed by atoms with van der Waals surface area (Å²) in [4.78, 5) is 18.3. The van der Waals surface area contributed by atoms with Crippen LogP contribution in [0.3, 0.4) is 0 Å². The number of carbonyl (C=O) groups is 1. The third-order valence-electron chi connectivity index (χ3n) is 8.35. The molecule has 3 aromatic heterocycles. The maximum absolute atomic E-state index is 13.7. The Bertz CT molecular complexity index is 2110. The van der Waals surface area contributed by atoms with Crippen LogP contribution in [0.4, 0.5) is 4.39 Å². The zero-order valence-corrected chi connectivity index (χ0v) is 27.0. The van der Waals surface area contributed by atoms with Gasteiger partial charge in [0, 0.05) is 53.1 Å². The van der Waals surface area contributed by atoms with Crippen molar-refractivity contribution in [1.29, 1.82) is 0 Å². The summed E-state index contributed by atoms with van der Waals surface area (Å²) < 4.78 is 17.2. The average molecular weight is 664 g/mol. The second-order valence-corrected chi connectivity index (χ2v) is 12.9. The summed E-state index contributed by atoms with van der Waals surface area (Å²) in [5.41, 5.74) is 7.01. The van der Waals surface area contributed by atoms with Crippen molar-refractivity contribution in [2.45, 2.75) is 45.2 Å². The Morgan fingerprint density at radius 1 is 0.894 bits per heavy atom. The van der Waals surface area contributed by atoms with Gasteiger partial charge in [-0.2, -0.15) is 5.21 Å². The van der Waals surface area contributed by atoms with Crippen molar-refractivity contribution in [1.82, 2.24) is 35.5 Å². The van der Waals surface area contributed by atoms with Crippen molar-refractivity contribution in [3.05, 3.63) is 141 Å². The molecular weight excluding hydrogens is 633 g/mol. The summed E-state index contributed by atoms with van der Waals surface area (Å²) in [7, 11) is 0. The van der Waals surface area contributed by atoms with Crippen LogP contribution in [0.1, 0.15) is 43.6 Å². The molecule has 0 fully saturated rings. The number of aryl methyl sites for hydroxylation is 5. The van der Waals surface area contributed by atoms with Gasteiger partial charge in [0.05, 0.1) is 15.2 Å². The third-order valence-corrected chi connectivity index (χ3v) is 9.70. The van der Waals surface area contributed by atoms with E-state index >= 15 is 0 Å². The first-order valence-corrected chi connectivity index (χ1v) is 16.7. The number of fused-ring (bicyclic) bond motifs is 2. The lowest BCUT2D eigenvalue weighted by Crippen LogP contribution is -2.22. The van der Waals surface area contributed by atoms with Gasteiger partial charge in [-0.25, -0.2) is 9.37 Å². The lowest BCUT2D eigenvalue weighted by molar-refractivity contribution is 0.0951. The minimum atomic E-state index is -0.252. The zero-order valence-electron chi connectivity index (χ0n) is 25.4. The van der Waals surface area contributed by atoms with E-state index in [9.17, 15) is 9.18 Å². The van der Waals surface area contributed by atoms with Gasteiger partial charge in [0.2, 0.25) is 0 Å². The number of amides is 1. The number of hydrogen-bond donors (Lipinski definition) is 2. The molecule has 3 heterocycles. The minimum absolute atomic E-state index is 0.151. The summed E-state index contributed by atoms with van der Waals surface area (Å²) >= 11 is 7.75. The van der Waals surface area contributed by atoms with Crippen LogP contribution in [0.5, 0.6) is 0 Å².